The highest BCUT2D eigenvalue weighted by Gasteiger charge is 2.33. The van der Waals surface area contributed by atoms with Gasteiger partial charge < -0.3 is 19.9 Å². The number of halogens is 3. The number of ether oxygens (including phenoxy) is 1. The Morgan fingerprint density at radius 1 is 1.22 bits per heavy atom. The zero-order valence-corrected chi connectivity index (χ0v) is 18.9. The van der Waals surface area contributed by atoms with E-state index in [0.29, 0.717) is 62.5 Å². The van der Waals surface area contributed by atoms with Crippen LogP contribution in [0.1, 0.15) is 11.4 Å². The van der Waals surface area contributed by atoms with Gasteiger partial charge in [-0.3, -0.25) is 19.6 Å². The number of aromatic nitrogens is 4. The molecule has 2 amide bonds. The molecule has 0 unspecified atom stereocenters. The van der Waals surface area contributed by atoms with E-state index in [4.69, 9.17) is 4.74 Å². The Hall–Kier alpha value is -4.31. The summed E-state index contributed by atoms with van der Waals surface area (Å²) in [6.45, 7) is 3.59. The van der Waals surface area contributed by atoms with E-state index < -0.39 is 17.8 Å². The molecule has 1 saturated heterocycles. The van der Waals surface area contributed by atoms with Gasteiger partial charge >= 0.3 is 12.1 Å². The fourth-order valence-electron chi connectivity index (χ4n) is 3.49. The van der Waals surface area contributed by atoms with Crippen molar-refractivity contribution >= 4 is 18.0 Å². The molecule has 4 rings (SSSR count). The molecule has 3 aromatic rings. The average molecular weight is 501 g/mol. The second kappa shape index (κ2) is 11.0. The van der Waals surface area contributed by atoms with Crippen molar-refractivity contribution in [2.75, 3.05) is 44.6 Å². The molecule has 3 N–H and O–H groups in total. The summed E-state index contributed by atoms with van der Waals surface area (Å²) >= 11 is 0. The van der Waals surface area contributed by atoms with E-state index >= 15 is 0 Å². The number of carbonyl (C=O) groups excluding carboxylic acids is 2. The molecule has 36 heavy (non-hydrogen) atoms. The first-order valence-corrected chi connectivity index (χ1v) is 11.0. The second-order valence-electron chi connectivity index (χ2n) is 7.86. The maximum absolute atomic E-state index is 13.0. The van der Waals surface area contributed by atoms with Gasteiger partial charge in [0.1, 0.15) is 29.6 Å². The van der Waals surface area contributed by atoms with E-state index in [1.54, 1.807) is 23.1 Å². The van der Waals surface area contributed by atoms with Gasteiger partial charge in [-0.1, -0.05) is 0 Å². The predicted molar refractivity (Wildman–Crippen MR) is 123 cm³/mol. The van der Waals surface area contributed by atoms with Crippen LogP contribution in [0.3, 0.4) is 0 Å². The Bertz CT molecular complexity index is 1250. The van der Waals surface area contributed by atoms with E-state index in [1.807, 2.05) is 0 Å². The predicted octanol–water partition coefficient (Wildman–Crippen LogP) is 1.96. The fourth-order valence-corrected chi connectivity index (χ4v) is 3.49. The quantitative estimate of drug-likeness (QED) is 0.337. The van der Waals surface area contributed by atoms with Crippen LogP contribution in [0.2, 0.25) is 0 Å². The molecule has 1 aromatic carbocycles. The number of hydrogen-bond donors (Lipinski definition) is 3. The fraction of sp³-hybridized carbons (Fsp3) is 0.304. The lowest BCUT2D eigenvalue weighted by Gasteiger charge is -2.32. The first-order valence-electron chi connectivity index (χ1n) is 11.0. The summed E-state index contributed by atoms with van der Waals surface area (Å²) in [5.74, 6) is 4.71. The number of aromatic amines is 2. The summed E-state index contributed by atoms with van der Waals surface area (Å²) in [6, 6.07) is 6.16. The Morgan fingerprint density at radius 3 is 2.69 bits per heavy atom. The number of amides is 2. The van der Waals surface area contributed by atoms with Gasteiger partial charge in [0.15, 0.2) is 0 Å². The number of piperazine rings is 1. The molecule has 3 heterocycles. The minimum atomic E-state index is -4.56. The number of nitrogens with one attached hydrogen (secondary N) is 3. The van der Waals surface area contributed by atoms with E-state index in [2.05, 4.69) is 42.2 Å². The Labute approximate surface area is 203 Å². The van der Waals surface area contributed by atoms with Crippen molar-refractivity contribution in [3.05, 3.63) is 48.0 Å². The summed E-state index contributed by atoms with van der Waals surface area (Å²) in [5.41, 5.74) is 0.00985. The number of hydrogen-bond acceptors (Lipinski definition) is 6. The zero-order chi connectivity index (χ0) is 25.5. The number of nitrogens with zero attached hydrogens (tertiary/aromatic N) is 4. The van der Waals surface area contributed by atoms with Gasteiger partial charge in [0.05, 0.1) is 11.9 Å². The molecule has 0 atom stereocenters. The highest BCUT2D eigenvalue weighted by molar-refractivity contribution is 6.05. The van der Waals surface area contributed by atoms with Gasteiger partial charge in [0.2, 0.25) is 6.41 Å². The summed E-state index contributed by atoms with van der Waals surface area (Å²) in [5, 5.41) is 9.00. The third kappa shape index (κ3) is 6.42. The second-order valence-corrected chi connectivity index (χ2v) is 7.86. The van der Waals surface area contributed by atoms with Crippen molar-refractivity contribution in [2.45, 2.75) is 6.18 Å². The molecule has 10 nitrogen and oxygen atoms in total. The van der Waals surface area contributed by atoms with Crippen LogP contribution < -0.4 is 10.1 Å². The first kappa shape index (κ1) is 24.8. The molecule has 0 bridgehead atoms. The number of benzene rings is 1. The van der Waals surface area contributed by atoms with Crippen LogP contribution in [0.25, 0.3) is 11.4 Å². The maximum atomic E-state index is 13.0. The molecule has 1 aliphatic heterocycles. The molecule has 0 aliphatic carbocycles. The third-order valence-electron chi connectivity index (χ3n) is 5.41. The lowest BCUT2D eigenvalue weighted by Crippen LogP contribution is -2.46. The van der Waals surface area contributed by atoms with Gasteiger partial charge in [-0.25, -0.2) is 4.98 Å². The zero-order valence-electron chi connectivity index (χ0n) is 18.9. The molecule has 1 aliphatic rings. The SMILES string of the molecule is O=CN1CCN(CCOc2ccc(-c3ncc(C(F)(F)F)[nH]3)cc2NC(=O)C#Cc2ccn[nH]2)CC1. The van der Waals surface area contributed by atoms with Crippen LogP contribution in [-0.2, 0) is 15.8 Å². The minimum Gasteiger partial charge on any atom is -0.490 e. The molecule has 13 heteroatoms. The molecule has 188 valence electrons. The highest BCUT2D eigenvalue weighted by Crippen LogP contribution is 2.32. The van der Waals surface area contributed by atoms with E-state index in [0.717, 1.165) is 6.41 Å². The Morgan fingerprint density at radius 2 is 2.03 bits per heavy atom. The molecule has 0 saturated carbocycles. The number of carbonyl (C=O) groups is 2. The van der Waals surface area contributed by atoms with Crippen molar-refractivity contribution < 1.29 is 27.5 Å². The molecular weight excluding hydrogens is 479 g/mol. The topological polar surface area (TPSA) is 119 Å². The van der Waals surface area contributed by atoms with Crippen molar-refractivity contribution in [1.29, 1.82) is 0 Å². The van der Waals surface area contributed by atoms with E-state index in [1.165, 1.54) is 12.3 Å². The van der Waals surface area contributed by atoms with Crippen molar-refractivity contribution in [1.82, 2.24) is 30.0 Å². The standard InChI is InChI=1S/C23H22F3N7O3/c24-23(25,26)20-14-27-22(30-20)16-1-3-19(36-12-11-32-7-9-33(15-34)10-8-32)18(13-16)29-21(35)4-2-17-5-6-28-31-17/h1,3,5-6,13-15H,7-12H2,(H,27,30)(H,28,31)(H,29,35). The maximum Gasteiger partial charge on any atom is 0.432 e. The molecular formula is C23H22F3N7O3. The number of anilines is 1. The Balaban J connectivity index is 1.49. The van der Waals surface area contributed by atoms with E-state index in [-0.39, 0.29) is 11.5 Å². The van der Waals surface area contributed by atoms with Crippen molar-refractivity contribution in [3.63, 3.8) is 0 Å². The third-order valence-corrected chi connectivity index (χ3v) is 5.41. The molecule has 1 fully saturated rings. The largest absolute Gasteiger partial charge is 0.490 e. The highest BCUT2D eigenvalue weighted by atomic mass is 19.4. The van der Waals surface area contributed by atoms with Crippen molar-refractivity contribution in [3.8, 4) is 29.0 Å². The number of alkyl halides is 3. The van der Waals surface area contributed by atoms with Crippen molar-refractivity contribution in [2.24, 2.45) is 0 Å². The first-order chi connectivity index (χ1) is 17.3. The van der Waals surface area contributed by atoms with Crippen LogP contribution in [0.5, 0.6) is 5.75 Å². The Kier molecular flexibility index (Phi) is 7.55. The summed E-state index contributed by atoms with van der Waals surface area (Å²) in [6.07, 6.45) is -1.53. The van der Waals surface area contributed by atoms with Gasteiger partial charge in [0, 0.05) is 50.4 Å². The molecule has 2 aromatic heterocycles. The summed E-state index contributed by atoms with van der Waals surface area (Å²) < 4.78 is 44.8. The van der Waals surface area contributed by atoms with E-state index in [9.17, 15) is 22.8 Å². The molecule has 0 spiro atoms. The van der Waals surface area contributed by atoms with Crippen LogP contribution in [0.15, 0.2) is 36.7 Å². The monoisotopic (exact) mass is 501 g/mol. The van der Waals surface area contributed by atoms with Gasteiger partial charge in [-0.15, -0.1) is 0 Å². The lowest BCUT2D eigenvalue weighted by atomic mass is 10.1. The summed E-state index contributed by atoms with van der Waals surface area (Å²) in [4.78, 5) is 33.2. The normalized spacial score (nSPS) is 14.1. The minimum absolute atomic E-state index is 0.0130. The van der Waals surface area contributed by atoms with Crippen LogP contribution in [0, 0.1) is 11.8 Å². The summed E-state index contributed by atoms with van der Waals surface area (Å²) in [7, 11) is 0. The average Bonchev–Trinajstić information content (AvgIpc) is 3.56. The van der Waals surface area contributed by atoms with Crippen LogP contribution >= 0.6 is 0 Å². The van der Waals surface area contributed by atoms with Gasteiger partial charge in [-0.2, -0.15) is 18.3 Å². The molecule has 0 radical (unpaired) electrons. The number of imidazole rings is 1. The van der Waals surface area contributed by atoms with Crippen LogP contribution in [0.4, 0.5) is 18.9 Å². The van der Waals surface area contributed by atoms with Crippen LogP contribution in [-0.4, -0.2) is 81.6 Å². The van der Waals surface area contributed by atoms with Gasteiger partial charge in [0.25, 0.3) is 0 Å². The smallest absolute Gasteiger partial charge is 0.432 e. The van der Waals surface area contributed by atoms with Gasteiger partial charge in [-0.05, 0) is 30.2 Å². The number of H-pyrrole nitrogens is 2. The number of rotatable bonds is 7. The lowest BCUT2D eigenvalue weighted by molar-refractivity contribution is -0.140.